The highest BCUT2D eigenvalue weighted by Crippen LogP contribution is 2.20. The molecule has 2 aromatic heterocycles. The van der Waals surface area contributed by atoms with Gasteiger partial charge in [-0.1, -0.05) is 32.4 Å². The van der Waals surface area contributed by atoms with Gasteiger partial charge in [0.15, 0.2) is 0 Å². The average molecular weight is 471 g/mol. The normalized spacial score (nSPS) is 24.5. The fourth-order valence-corrected chi connectivity index (χ4v) is 4.17. The molecule has 6 nitrogen and oxygen atoms in total. The quantitative estimate of drug-likeness (QED) is 0.558. The number of morpholine rings is 2. The van der Waals surface area contributed by atoms with E-state index < -0.39 is 0 Å². The minimum Gasteiger partial charge on any atom is -0.372 e. The number of aryl methyl sites for hydroxylation is 3. The van der Waals surface area contributed by atoms with Crippen molar-refractivity contribution in [3.63, 3.8) is 0 Å². The molecular formula is C28H46N4O2. The fraction of sp³-hybridized carbons (Fsp3) is 0.643. The predicted molar refractivity (Wildman–Crippen MR) is 143 cm³/mol. The summed E-state index contributed by atoms with van der Waals surface area (Å²) in [5, 5.41) is 0. The van der Waals surface area contributed by atoms with Crippen LogP contribution in [0.1, 0.15) is 64.8 Å². The Morgan fingerprint density at radius 1 is 0.735 bits per heavy atom. The molecule has 0 saturated carbocycles. The minimum absolute atomic E-state index is 0.284. The van der Waals surface area contributed by atoms with Crippen LogP contribution in [-0.2, 0) is 9.47 Å². The molecule has 4 atom stereocenters. The molecule has 2 aliphatic rings. The van der Waals surface area contributed by atoms with Gasteiger partial charge in [-0.3, -0.25) is 0 Å². The highest BCUT2D eigenvalue weighted by atomic mass is 16.5. The van der Waals surface area contributed by atoms with Gasteiger partial charge >= 0.3 is 0 Å². The van der Waals surface area contributed by atoms with E-state index in [9.17, 15) is 0 Å². The van der Waals surface area contributed by atoms with Crippen molar-refractivity contribution in [1.29, 1.82) is 0 Å². The maximum absolute atomic E-state index is 5.72. The first-order valence-corrected chi connectivity index (χ1v) is 12.8. The van der Waals surface area contributed by atoms with Crippen molar-refractivity contribution in [3.8, 4) is 0 Å². The van der Waals surface area contributed by atoms with Crippen LogP contribution in [0.2, 0.25) is 0 Å². The number of rotatable bonds is 2. The molecule has 4 unspecified atom stereocenters. The van der Waals surface area contributed by atoms with Gasteiger partial charge in [0.1, 0.15) is 11.6 Å². The van der Waals surface area contributed by atoms with Gasteiger partial charge in [-0.25, -0.2) is 9.97 Å². The van der Waals surface area contributed by atoms with E-state index in [1.165, 1.54) is 17.5 Å². The number of ether oxygens (including phenoxy) is 2. The summed E-state index contributed by atoms with van der Waals surface area (Å²) in [7, 11) is 0. The number of hydrogen-bond donors (Lipinski definition) is 0. The molecule has 0 aromatic carbocycles. The van der Waals surface area contributed by atoms with Crippen LogP contribution >= 0.6 is 0 Å². The predicted octanol–water partition coefficient (Wildman–Crippen LogP) is 5.73. The van der Waals surface area contributed by atoms with Gasteiger partial charge in [0.2, 0.25) is 0 Å². The van der Waals surface area contributed by atoms with Crippen molar-refractivity contribution in [3.05, 3.63) is 47.3 Å². The molecule has 2 saturated heterocycles. The van der Waals surface area contributed by atoms with Crippen molar-refractivity contribution in [2.24, 2.45) is 0 Å². The highest BCUT2D eigenvalue weighted by Gasteiger charge is 2.24. The van der Waals surface area contributed by atoms with Crippen LogP contribution in [0.25, 0.3) is 0 Å². The Morgan fingerprint density at radius 3 is 1.59 bits per heavy atom. The van der Waals surface area contributed by atoms with E-state index in [0.29, 0.717) is 0 Å². The van der Waals surface area contributed by atoms with E-state index >= 15 is 0 Å². The molecule has 0 amide bonds. The largest absolute Gasteiger partial charge is 0.372 e. The van der Waals surface area contributed by atoms with Crippen molar-refractivity contribution in [2.45, 2.75) is 93.2 Å². The Hall–Kier alpha value is -2.18. The number of nitrogens with zero attached hydrogens (tertiary/aromatic N) is 4. The second kappa shape index (κ2) is 13.6. The lowest BCUT2D eigenvalue weighted by molar-refractivity contribution is -0.00572. The summed E-state index contributed by atoms with van der Waals surface area (Å²) in [6.07, 6.45) is 4.31. The van der Waals surface area contributed by atoms with Gasteiger partial charge in [-0.05, 0) is 71.7 Å². The molecule has 4 rings (SSSR count). The van der Waals surface area contributed by atoms with Gasteiger partial charge < -0.3 is 19.3 Å². The lowest BCUT2D eigenvalue weighted by Gasteiger charge is -2.36. The SMILES string of the molecule is CCC.Cc1ccc(N2CC(C)OC(C)C2)nc1.Cc1ccc(N2CC(C)OC(C)C2)nc1C. The molecular weight excluding hydrogens is 424 g/mol. The molecule has 2 fully saturated rings. The van der Waals surface area contributed by atoms with E-state index in [2.05, 4.69) is 106 Å². The first kappa shape index (κ1) is 28.1. The van der Waals surface area contributed by atoms with Crippen LogP contribution in [0.5, 0.6) is 0 Å². The standard InChI is InChI=1S/C13H20N2O.C12H18N2O.C3H8/c1-9-5-6-13(14-12(9)4)15-7-10(2)16-11(3)8-15;1-9-4-5-12(13-6-9)14-7-10(2)15-11(3)8-14;1-3-2/h5-6,10-11H,7-8H2,1-4H3;4-6,10-11H,7-8H2,1-3H3;3H2,1-2H3. The van der Waals surface area contributed by atoms with Crippen molar-refractivity contribution >= 4 is 11.6 Å². The molecule has 6 heteroatoms. The molecule has 0 radical (unpaired) electrons. The molecule has 0 N–H and O–H groups in total. The molecule has 190 valence electrons. The Labute approximate surface area is 207 Å². The maximum Gasteiger partial charge on any atom is 0.128 e. The summed E-state index contributed by atoms with van der Waals surface area (Å²) in [5.74, 6) is 2.13. The summed E-state index contributed by atoms with van der Waals surface area (Å²) in [6, 6.07) is 8.43. The van der Waals surface area contributed by atoms with E-state index in [4.69, 9.17) is 9.47 Å². The lowest BCUT2D eigenvalue weighted by atomic mass is 10.2. The molecule has 34 heavy (non-hydrogen) atoms. The Kier molecular flexibility index (Phi) is 11.3. The van der Waals surface area contributed by atoms with Crippen molar-refractivity contribution in [1.82, 2.24) is 9.97 Å². The van der Waals surface area contributed by atoms with Crippen LogP contribution in [0, 0.1) is 20.8 Å². The smallest absolute Gasteiger partial charge is 0.128 e. The van der Waals surface area contributed by atoms with E-state index in [1.807, 2.05) is 6.20 Å². The Balaban J connectivity index is 0.000000216. The zero-order valence-electron chi connectivity index (χ0n) is 22.8. The monoisotopic (exact) mass is 470 g/mol. The third kappa shape index (κ3) is 8.88. The topological polar surface area (TPSA) is 50.7 Å². The Morgan fingerprint density at radius 2 is 1.18 bits per heavy atom. The zero-order valence-corrected chi connectivity index (χ0v) is 22.8. The highest BCUT2D eigenvalue weighted by molar-refractivity contribution is 5.42. The third-order valence-electron chi connectivity index (χ3n) is 5.72. The summed E-state index contributed by atoms with van der Waals surface area (Å²) in [4.78, 5) is 13.7. The molecule has 0 spiro atoms. The minimum atomic E-state index is 0.284. The number of anilines is 2. The summed E-state index contributed by atoms with van der Waals surface area (Å²) >= 11 is 0. The lowest BCUT2D eigenvalue weighted by Crippen LogP contribution is -2.45. The van der Waals surface area contributed by atoms with E-state index in [1.54, 1.807) is 0 Å². The summed E-state index contributed by atoms with van der Waals surface area (Å²) < 4.78 is 11.4. The van der Waals surface area contributed by atoms with Crippen LogP contribution in [0.3, 0.4) is 0 Å². The van der Waals surface area contributed by atoms with Gasteiger partial charge in [-0.15, -0.1) is 0 Å². The summed E-state index contributed by atoms with van der Waals surface area (Å²) in [5.41, 5.74) is 3.57. The Bertz CT molecular complexity index is 838. The molecule has 2 aliphatic heterocycles. The van der Waals surface area contributed by atoms with Crippen LogP contribution in [-0.4, -0.2) is 60.6 Å². The average Bonchev–Trinajstić information content (AvgIpc) is 2.76. The second-order valence-electron chi connectivity index (χ2n) is 9.80. The number of aromatic nitrogens is 2. The molecule has 0 aliphatic carbocycles. The summed E-state index contributed by atoms with van der Waals surface area (Å²) in [6.45, 7) is 22.6. The maximum atomic E-state index is 5.72. The van der Waals surface area contributed by atoms with Crippen LogP contribution < -0.4 is 9.80 Å². The first-order chi connectivity index (χ1) is 16.1. The van der Waals surface area contributed by atoms with Gasteiger partial charge in [0.25, 0.3) is 0 Å². The van der Waals surface area contributed by atoms with E-state index in [-0.39, 0.29) is 24.4 Å². The number of pyridine rings is 2. The van der Waals surface area contributed by atoms with E-state index in [0.717, 1.165) is 43.5 Å². The van der Waals surface area contributed by atoms with Gasteiger partial charge in [0, 0.05) is 38.1 Å². The van der Waals surface area contributed by atoms with Crippen molar-refractivity contribution in [2.75, 3.05) is 36.0 Å². The van der Waals surface area contributed by atoms with Crippen LogP contribution in [0.15, 0.2) is 30.5 Å². The van der Waals surface area contributed by atoms with Gasteiger partial charge in [-0.2, -0.15) is 0 Å². The first-order valence-electron chi connectivity index (χ1n) is 12.8. The molecule has 0 bridgehead atoms. The van der Waals surface area contributed by atoms with Gasteiger partial charge in [0.05, 0.1) is 24.4 Å². The fourth-order valence-electron chi connectivity index (χ4n) is 4.17. The second-order valence-corrected chi connectivity index (χ2v) is 9.80. The zero-order chi connectivity index (χ0) is 25.3. The molecule has 2 aromatic rings. The number of hydrogen-bond acceptors (Lipinski definition) is 6. The molecule has 4 heterocycles. The third-order valence-corrected chi connectivity index (χ3v) is 5.72. The van der Waals surface area contributed by atoms with Crippen molar-refractivity contribution < 1.29 is 9.47 Å². The van der Waals surface area contributed by atoms with Crippen LogP contribution in [0.4, 0.5) is 11.6 Å².